The number of likely N-dealkylation sites (tertiary alicyclic amines) is 1. The first-order valence-electron chi connectivity index (χ1n) is 7.64. The fourth-order valence-corrected chi connectivity index (χ4v) is 2.93. The van der Waals surface area contributed by atoms with Gasteiger partial charge in [-0.05, 0) is 57.7 Å². The van der Waals surface area contributed by atoms with Gasteiger partial charge in [-0.15, -0.1) is 0 Å². The number of carbonyl (C=O) groups is 1. The summed E-state index contributed by atoms with van der Waals surface area (Å²) in [6.07, 6.45) is 11.8. The maximum Gasteiger partial charge on any atom is 0.303 e. The second-order valence-corrected chi connectivity index (χ2v) is 5.73. The predicted molar refractivity (Wildman–Crippen MR) is 77.5 cm³/mol. The van der Waals surface area contributed by atoms with Crippen LogP contribution in [-0.2, 0) is 11.3 Å². The largest absolute Gasteiger partial charge is 0.481 e. The lowest BCUT2D eigenvalue weighted by atomic mass is 9.92. The molecule has 0 spiro atoms. The van der Waals surface area contributed by atoms with Crippen LogP contribution < -0.4 is 0 Å². The molecule has 0 radical (unpaired) electrons. The van der Waals surface area contributed by atoms with Crippen molar-refractivity contribution in [1.82, 2.24) is 14.5 Å². The summed E-state index contributed by atoms with van der Waals surface area (Å²) >= 11 is 0. The van der Waals surface area contributed by atoms with E-state index in [9.17, 15) is 4.79 Å². The van der Waals surface area contributed by atoms with Crippen LogP contribution in [0.2, 0.25) is 0 Å². The van der Waals surface area contributed by atoms with Gasteiger partial charge >= 0.3 is 5.97 Å². The summed E-state index contributed by atoms with van der Waals surface area (Å²) in [5, 5.41) is 8.64. The number of hydrogen-bond donors (Lipinski definition) is 1. The molecular formula is C15H25N3O2. The Labute approximate surface area is 120 Å². The van der Waals surface area contributed by atoms with Crippen molar-refractivity contribution in [2.24, 2.45) is 5.92 Å². The molecule has 1 saturated heterocycles. The van der Waals surface area contributed by atoms with Crippen LogP contribution in [0.25, 0.3) is 0 Å². The van der Waals surface area contributed by atoms with Gasteiger partial charge in [-0.1, -0.05) is 0 Å². The van der Waals surface area contributed by atoms with E-state index in [0.29, 0.717) is 6.42 Å². The number of piperidine rings is 1. The van der Waals surface area contributed by atoms with Gasteiger partial charge in [0.05, 0.1) is 6.33 Å². The van der Waals surface area contributed by atoms with Gasteiger partial charge < -0.3 is 14.6 Å². The average molecular weight is 279 g/mol. The van der Waals surface area contributed by atoms with Crippen LogP contribution in [0.15, 0.2) is 18.7 Å². The van der Waals surface area contributed by atoms with Crippen molar-refractivity contribution < 1.29 is 9.90 Å². The van der Waals surface area contributed by atoms with Crippen LogP contribution in [0.1, 0.15) is 38.5 Å². The third-order valence-corrected chi connectivity index (χ3v) is 4.16. The van der Waals surface area contributed by atoms with E-state index in [4.69, 9.17) is 5.11 Å². The van der Waals surface area contributed by atoms with Crippen LogP contribution >= 0.6 is 0 Å². The van der Waals surface area contributed by atoms with Gasteiger partial charge in [0.15, 0.2) is 0 Å². The highest BCUT2D eigenvalue weighted by Crippen LogP contribution is 2.22. The molecule has 1 aliphatic rings. The molecule has 5 heteroatoms. The Bertz CT molecular complexity index is 384. The SMILES string of the molecule is O=C(O)CCCN1CCC(CCCn2ccnc2)CC1. The Hall–Kier alpha value is -1.36. The highest BCUT2D eigenvalue weighted by atomic mass is 16.4. The van der Waals surface area contributed by atoms with Gasteiger partial charge in [0.2, 0.25) is 0 Å². The first-order chi connectivity index (χ1) is 9.74. The van der Waals surface area contributed by atoms with Gasteiger partial charge in [-0.2, -0.15) is 0 Å². The molecule has 0 amide bonds. The summed E-state index contributed by atoms with van der Waals surface area (Å²) in [4.78, 5) is 16.9. The van der Waals surface area contributed by atoms with E-state index in [1.165, 1.54) is 25.7 Å². The molecule has 2 heterocycles. The zero-order valence-electron chi connectivity index (χ0n) is 12.1. The molecule has 1 aromatic heterocycles. The molecule has 2 rings (SSSR count). The number of rotatable bonds is 8. The van der Waals surface area contributed by atoms with E-state index in [-0.39, 0.29) is 0 Å². The van der Waals surface area contributed by atoms with E-state index in [1.807, 2.05) is 18.7 Å². The van der Waals surface area contributed by atoms with E-state index in [0.717, 1.165) is 38.5 Å². The van der Waals surface area contributed by atoms with Crippen LogP contribution in [0.3, 0.4) is 0 Å². The third kappa shape index (κ3) is 5.33. The molecule has 1 N–H and O–H groups in total. The topological polar surface area (TPSA) is 58.4 Å². The van der Waals surface area contributed by atoms with E-state index >= 15 is 0 Å². The number of imidazole rings is 1. The number of aromatic nitrogens is 2. The van der Waals surface area contributed by atoms with Crippen molar-refractivity contribution in [1.29, 1.82) is 0 Å². The van der Waals surface area contributed by atoms with Crippen molar-refractivity contribution >= 4 is 5.97 Å². The Morgan fingerprint density at radius 2 is 2.05 bits per heavy atom. The molecule has 0 aromatic carbocycles. The number of aliphatic carboxylic acids is 1. The lowest BCUT2D eigenvalue weighted by Crippen LogP contribution is -2.34. The van der Waals surface area contributed by atoms with Crippen LogP contribution in [0.5, 0.6) is 0 Å². The van der Waals surface area contributed by atoms with Crippen LogP contribution in [0, 0.1) is 5.92 Å². The quantitative estimate of drug-likeness (QED) is 0.793. The monoisotopic (exact) mass is 279 g/mol. The first-order valence-corrected chi connectivity index (χ1v) is 7.64. The standard InChI is InChI=1S/C15H25N3O2/c19-15(20)4-2-8-17-10-5-14(6-11-17)3-1-9-18-12-7-16-13-18/h7,12-14H,1-6,8-11H2,(H,19,20). The fraction of sp³-hybridized carbons (Fsp3) is 0.733. The maximum absolute atomic E-state index is 10.5. The molecule has 1 aromatic rings. The Balaban J connectivity index is 1.54. The average Bonchev–Trinajstić information content (AvgIpc) is 2.93. The summed E-state index contributed by atoms with van der Waals surface area (Å²) in [5.74, 6) is 0.161. The van der Waals surface area contributed by atoms with Crippen molar-refractivity contribution in [3.05, 3.63) is 18.7 Å². The highest BCUT2D eigenvalue weighted by Gasteiger charge is 2.18. The van der Waals surface area contributed by atoms with Crippen molar-refractivity contribution in [2.45, 2.75) is 45.1 Å². The minimum atomic E-state index is -0.681. The molecule has 1 aliphatic heterocycles. The smallest absolute Gasteiger partial charge is 0.303 e. The molecule has 0 bridgehead atoms. The molecule has 0 unspecified atom stereocenters. The fourth-order valence-electron chi connectivity index (χ4n) is 2.93. The van der Waals surface area contributed by atoms with Crippen molar-refractivity contribution in [3.8, 4) is 0 Å². The van der Waals surface area contributed by atoms with E-state index < -0.39 is 5.97 Å². The Morgan fingerprint density at radius 1 is 1.25 bits per heavy atom. The summed E-state index contributed by atoms with van der Waals surface area (Å²) < 4.78 is 2.14. The normalized spacial score (nSPS) is 17.4. The molecular weight excluding hydrogens is 254 g/mol. The summed E-state index contributed by atoms with van der Waals surface area (Å²) in [6, 6.07) is 0. The predicted octanol–water partition coefficient (Wildman–Crippen LogP) is 2.24. The lowest BCUT2D eigenvalue weighted by molar-refractivity contribution is -0.137. The zero-order valence-corrected chi connectivity index (χ0v) is 12.1. The van der Waals surface area contributed by atoms with Gasteiger partial charge in [-0.3, -0.25) is 4.79 Å². The lowest BCUT2D eigenvalue weighted by Gasteiger charge is -2.31. The van der Waals surface area contributed by atoms with Gasteiger partial charge in [0.25, 0.3) is 0 Å². The second kappa shape index (κ2) is 8.04. The second-order valence-electron chi connectivity index (χ2n) is 5.73. The van der Waals surface area contributed by atoms with E-state index in [2.05, 4.69) is 14.5 Å². The summed E-state index contributed by atoms with van der Waals surface area (Å²) in [7, 11) is 0. The minimum Gasteiger partial charge on any atom is -0.481 e. The first kappa shape index (κ1) is 15.0. The summed E-state index contributed by atoms with van der Waals surface area (Å²) in [6.45, 7) is 4.28. The Morgan fingerprint density at radius 3 is 2.70 bits per heavy atom. The summed E-state index contributed by atoms with van der Waals surface area (Å²) in [5.41, 5.74) is 0. The highest BCUT2D eigenvalue weighted by molar-refractivity contribution is 5.66. The maximum atomic E-state index is 10.5. The number of carboxylic acids is 1. The molecule has 20 heavy (non-hydrogen) atoms. The number of nitrogens with zero attached hydrogens (tertiary/aromatic N) is 3. The van der Waals surface area contributed by atoms with Crippen molar-refractivity contribution in [3.63, 3.8) is 0 Å². The molecule has 0 saturated carbocycles. The molecule has 0 atom stereocenters. The number of aryl methyl sites for hydroxylation is 1. The molecule has 1 fully saturated rings. The van der Waals surface area contributed by atoms with Crippen molar-refractivity contribution in [2.75, 3.05) is 19.6 Å². The van der Waals surface area contributed by atoms with Crippen LogP contribution in [0.4, 0.5) is 0 Å². The van der Waals surface area contributed by atoms with Gasteiger partial charge in [-0.25, -0.2) is 4.98 Å². The van der Waals surface area contributed by atoms with Gasteiger partial charge in [0, 0.05) is 25.4 Å². The minimum absolute atomic E-state index is 0.296. The number of hydrogen-bond acceptors (Lipinski definition) is 3. The molecule has 5 nitrogen and oxygen atoms in total. The van der Waals surface area contributed by atoms with Gasteiger partial charge in [0.1, 0.15) is 0 Å². The molecule has 0 aliphatic carbocycles. The third-order valence-electron chi connectivity index (χ3n) is 4.16. The number of carboxylic acid groups (broad SMARTS) is 1. The van der Waals surface area contributed by atoms with E-state index in [1.54, 1.807) is 0 Å². The zero-order chi connectivity index (χ0) is 14.2. The Kier molecular flexibility index (Phi) is 6.05. The van der Waals surface area contributed by atoms with Crippen LogP contribution in [-0.4, -0.2) is 45.2 Å². The molecule has 112 valence electrons.